The Balaban J connectivity index is 1.53. The second-order valence-electron chi connectivity index (χ2n) is 6.94. The van der Waals surface area contributed by atoms with E-state index >= 15 is 0 Å². The van der Waals surface area contributed by atoms with Gasteiger partial charge in [-0.05, 0) is 34.0 Å². The fourth-order valence-electron chi connectivity index (χ4n) is 3.97. The van der Waals surface area contributed by atoms with Crippen LogP contribution in [0.1, 0.15) is 17.0 Å². The van der Waals surface area contributed by atoms with Gasteiger partial charge in [0.05, 0.1) is 6.42 Å². The van der Waals surface area contributed by atoms with Gasteiger partial charge in [-0.15, -0.1) is 0 Å². The number of aliphatic hydroxyl groups excluding tert-OH is 1. The van der Waals surface area contributed by atoms with E-state index in [0.29, 0.717) is 19.5 Å². The second kappa shape index (κ2) is 7.26. The molecule has 1 N–H and O–H groups in total. The molecule has 2 atom stereocenters. The minimum Gasteiger partial charge on any atom is -0.396 e. The highest BCUT2D eigenvalue weighted by molar-refractivity contribution is 5.90. The lowest BCUT2D eigenvalue weighted by atomic mass is 9.90. The lowest BCUT2D eigenvalue weighted by molar-refractivity contribution is -0.129. The molecule has 0 unspecified atom stereocenters. The summed E-state index contributed by atoms with van der Waals surface area (Å²) in [5.41, 5.74) is 2.19. The van der Waals surface area contributed by atoms with Crippen LogP contribution in [0.3, 0.4) is 0 Å². The van der Waals surface area contributed by atoms with Crippen molar-refractivity contribution in [2.75, 3.05) is 19.7 Å². The standard InChI is InChI=1S/C22H22N2O2/c25-15-19-13-24(14-21(19)17-8-10-23-11-9-17)22(26)12-18-6-3-5-16-4-1-2-7-20(16)18/h1-11,19,21,25H,12-15H2/t19-,21-/m0/s1. The zero-order chi connectivity index (χ0) is 17.9. The number of amides is 1. The predicted molar refractivity (Wildman–Crippen MR) is 102 cm³/mol. The van der Waals surface area contributed by atoms with E-state index in [1.54, 1.807) is 12.4 Å². The molecule has 0 saturated carbocycles. The normalized spacial score (nSPS) is 19.8. The van der Waals surface area contributed by atoms with Gasteiger partial charge in [-0.25, -0.2) is 0 Å². The van der Waals surface area contributed by atoms with Crippen LogP contribution in [0.2, 0.25) is 0 Å². The predicted octanol–water partition coefficient (Wildman–Crippen LogP) is 3.01. The van der Waals surface area contributed by atoms with Crippen molar-refractivity contribution in [3.05, 3.63) is 78.1 Å². The van der Waals surface area contributed by atoms with Gasteiger partial charge in [-0.3, -0.25) is 9.78 Å². The molecule has 1 saturated heterocycles. The summed E-state index contributed by atoms with van der Waals surface area (Å²) >= 11 is 0. The van der Waals surface area contributed by atoms with Crippen molar-refractivity contribution in [2.24, 2.45) is 5.92 Å². The topological polar surface area (TPSA) is 53.4 Å². The van der Waals surface area contributed by atoms with Crippen molar-refractivity contribution in [1.29, 1.82) is 0 Å². The third-order valence-corrected chi connectivity index (χ3v) is 5.38. The molecule has 26 heavy (non-hydrogen) atoms. The molecule has 1 fully saturated rings. The molecule has 4 nitrogen and oxygen atoms in total. The van der Waals surface area contributed by atoms with Crippen molar-refractivity contribution in [3.8, 4) is 0 Å². The van der Waals surface area contributed by atoms with Gasteiger partial charge in [-0.2, -0.15) is 0 Å². The van der Waals surface area contributed by atoms with Gasteiger partial charge in [0.1, 0.15) is 0 Å². The number of nitrogens with zero attached hydrogens (tertiary/aromatic N) is 2. The van der Waals surface area contributed by atoms with E-state index in [4.69, 9.17) is 0 Å². The van der Waals surface area contributed by atoms with Crippen LogP contribution < -0.4 is 0 Å². The average molecular weight is 346 g/mol. The summed E-state index contributed by atoms with van der Waals surface area (Å²) in [7, 11) is 0. The monoisotopic (exact) mass is 346 g/mol. The summed E-state index contributed by atoms with van der Waals surface area (Å²) in [6, 6.07) is 18.2. The van der Waals surface area contributed by atoms with E-state index in [-0.39, 0.29) is 24.3 Å². The van der Waals surface area contributed by atoms with Gasteiger partial charge in [0.15, 0.2) is 0 Å². The lowest BCUT2D eigenvalue weighted by Crippen LogP contribution is -2.30. The molecule has 0 spiro atoms. The molecule has 2 heterocycles. The van der Waals surface area contributed by atoms with Gasteiger partial charge >= 0.3 is 0 Å². The molecular formula is C22H22N2O2. The molecule has 1 aromatic heterocycles. The van der Waals surface area contributed by atoms with E-state index in [9.17, 15) is 9.90 Å². The largest absolute Gasteiger partial charge is 0.396 e. The zero-order valence-corrected chi connectivity index (χ0v) is 14.6. The number of hydrogen-bond donors (Lipinski definition) is 1. The maximum absolute atomic E-state index is 12.9. The quantitative estimate of drug-likeness (QED) is 0.790. The fraction of sp³-hybridized carbons (Fsp3) is 0.273. The van der Waals surface area contributed by atoms with E-state index in [1.165, 1.54) is 0 Å². The van der Waals surface area contributed by atoms with Gasteiger partial charge in [-0.1, -0.05) is 42.5 Å². The second-order valence-corrected chi connectivity index (χ2v) is 6.94. The Hall–Kier alpha value is -2.72. The third kappa shape index (κ3) is 3.20. The van der Waals surface area contributed by atoms with Crippen LogP contribution >= 0.6 is 0 Å². The number of aromatic nitrogens is 1. The van der Waals surface area contributed by atoms with Gasteiger partial charge < -0.3 is 10.0 Å². The third-order valence-electron chi connectivity index (χ3n) is 5.38. The van der Waals surface area contributed by atoms with Crippen molar-refractivity contribution < 1.29 is 9.90 Å². The number of pyridine rings is 1. The van der Waals surface area contributed by atoms with Gasteiger partial charge in [0, 0.05) is 43.9 Å². The first kappa shape index (κ1) is 16.7. The zero-order valence-electron chi connectivity index (χ0n) is 14.6. The molecular weight excluding hydrogens is 324 g/mol. The first-order valence-corrected chi connectivity index (χ1v) is 9.01. The minimum absolute atomic E-state index is 0.0777. The molecule has 3 aromatic rings. The number of carbonyl (C=O) groups is 1. The van der Waals surface area contributed by atoms with E-state index in [2.05, 4.69) is 23.2 Å². The number of benzene rings is 2. The highest BCUT2D eigenvalue weighted by Gasteiger charge is 2.35. The van der Waals surface area contributed by atoms with Crippen LogP contribution in [-0.2, 0) is 11.2 Å². The fourth-order valence-corrected chi connectivity index (χ4v) is 3.97. The van der Waals surface area contributed by atoms with E-state index in [1.807, 2.05) is 41.3 Å². The molecule has 0 radical (unpaired) electrons. The molecule has 2 aromatic carbocycles. The number of likely N-dealkylation sites (tertiary alicyclic amines) is 1. The molecule has 4 heteroatoms. The minimum atomic E-state index is 0.0777. The Morgan fingerprint density at radius 3 is 2.62 bits per heavy atom. The number of fused-ring (bicyclic) bond motifs is 1. The summed E-state index contributed by atoms with van der Waals surface area (Å²) in [6.45, 7) is 1.34. The van der Waals surface area contributed by atoms with E-state index in [0.717, 1.165) is 21.9 Å². The molecule has 132 valence electrons. The van der Waals surface area contributed by atoms with Crippen LogP contribution in [0.25, 0.3) is 10.8 Å². The van der Waals surface area contributed by atoms with Crippen LogP contribution in [0.4, 0.5) is 0 Å². The molecule has 1 amide bonds. The van der Waals surface area contributed by atoms with Crippen molar-refractivity contribution in [1.82, 2.24) is 9.88 Å². The van der Waals surface area contributed by atoms with Crippen molar-refractivity contribution in [3.63, 3.8) is 0 Å². The summed E-state index contributed by atoms with van der Waals surface area (Å²) in [5.74, 6) is 0.365. The van der Waals surface area contributed by atoms with Crippen molar-refractivity contribution in [2.45, 2.75) is 12.3 Å². The maximum atomic E-state index is 12.9. The molecule has 4 rings (SSSR count). The Bertz CT molecular complexity index is 905. The molecule has 0 bridgehead atoms. The Morgan fingerprint density at radius 1 is 1.04 bits per heavy atom. The van der Waals surface area contributed by atoms with Gasteiger partial charge in [0.25, 0.3) is 0 Å². The van der Waals surface area contributed by atoms with Crippen molar-refractivity contribution >= 4 is 16.7 Å². The number of hydrogen-bond acceptors (Lipinski definition) is 3. The summed E-state index contributed by atoms with van der Waals surface area (Å²) in [5, 5.41) is 12.1. The van der Waals surface area contributed by atoms with Crippen LogP contribution in [-0.4, -0.2) is 40.6 Å². The number of aliphatic hydroxyl groups is 1. The van der Waals surface area contributed by atoms with Gasteiger partial charge in [0.2, 0.25) is 5.91 Å². The van der Waals surface area contributed by atoms with Crippen LogP contribution in [0.15, 0.2) is 67.0 Å². The molecule has 0 aliphatic carbocycles. The highest BCUT2D eigenvalue weighted by Crippen LogP contribution is 2.32. The number of rotatable bonds is 4. The van der Waals surface area contributed by atoms with Crippen LogP contribution in [0.5, 0.6) is 0 Å². The first-order valence-electron chi connectivity index (χ1n) is 9.01. The summed E-state index contributed by atoms with van der Waals surface area (Å²) in [6.07, 6.45) is 3.93. The molecule has 1 aliphatic rings. The Labute approximate surface area is 153 Å². The SMILES string of the molecule is O=C(Cc1cccc2ccccc12)N1C[C@@H](CO)[C@H](c2ccncc2)C1. The van der Waals surface area contributed by atoms with E-state index < -0.39 is 0 Å². The smallest absolute Gasteiger partial charge is 0.227 e. The highest BCUT2D eigenvalue weighted by atomic mass is 16.3. The average Bonchev–Trinajstić information content (AvgIpc) is 3.14. The summed E-state index contributed by atoms with van der Waals surface area (Å²) < 4.78 is 0. The Morgan fingerprint density at radius 2 is 1.81 bits per heavy atom. The molecule has 1 aliphatic heterocycles. The summed E-state index contributed by atoms with van der Waals surface area (Å²) in [4.78, 5) is 18.9. The maximum Gasteiger partial charge on any atom is 0.227 e. The lowest BCUT2D eigenvalue weighted by Gasteiger charge is -2.17. The Kier molecular flexibility index (Phi) is 4.67. The number of carbonyl (C=O) groups excluding carboxylic acids is 1. The first-order chi connectivity index (χ1) is 12.8. The van der Waals surface area contributed by atoms with Crippen LogP contribution in [0, 0.1) is 5.92 Å².